The van der Waals surface area contributed by atoms with Crippen LogP contribution in [0.2, 0.25) is 0 Å². The van der Waals surface area contributed by atoms with Crippen LogP contribution in [0.4, 0.5) is 17.1 Å². The predicted molar refractivity (Wildman–Crippen MR) is 233 cm³/mol. The summed E-state index contributed by atoms with van der Waals surface area (Å²) in [5.74, 6) is 0.274. The maximum atomic E-state index is 3.89. The van der Waals surface area contributed by atoms with Crippen molar-refractivity contribution >= 4 is 72.2 Å². The molecule has 3 aliphatic rings. The monoisotopic (exact) mass is 721 g/mol. The van der Waals surface area contributed by atoms with Crippen molar-refractivity contribution in [2.75, 3.05) is 10.2 Å². The lowest BCUT2D eigenvalue weighted by Gasteiger charge is -2.29. The quantitative estimate of drug-likeness (QED) is 0.183. The second-order valence-corrected chi connectivity index (χ2v) is 16.1. The third-order valence-electron chi connectivity index (χ3n) is 11.9. The molecular weight excluding hydrogens is 687 g/mol. The van der Waals surface area contributed by atoms with Crippen LogP contribution in [-0.2, 0) is 0 Å². The lowest BCUT2D eigenvalue weighted by molar-refractivity contribution is 0.745. The minimum absolute atomic E-state index is 0.210. The molecular formula is C51H35N3S. The van der Waals surface area contributed by atoms with Gasteiger partial charge in [-0.15, -0.1) is 0 Å². The molecule has 4 heteroatoms. The fourth-order valence-corrected chi connectivity index (χ4v) is 10.6. The van der Waals surface area contributed by atoms with Gasteiger partial charge in [0.05, 0.1) is 22.8 Å². The molecule has 12 rings (SSSR count). The molecule has 8 aromatic carbocycles. The number of rotatable bonds is 4. The molecule has 0 saturated heterocycles. The third kappa shape index (κ3) is 4.71. The van der Waals surface area contributed by atoms with Crippen molar-refractivity contribution < 1.29 is 0 Å². The smallest absolute Gasteiger partial charge is 0.103 e. The fraction of sp³-hybridized carbons (Fsp3) is 0.0588. The first kappa shape index (κ1) is 30.9. The summed E-state index contributed by atoms with van der Waals surface area (Å²) in [7, 11) is 0. The van der Waals surface area contributed by atoms with Gasteiger partial charge in [-0.3, -0.25) is 0 Å². The van der Waals surface area contributed by atoms with E-state index in [2.05, 4.69) is 203 Å². The molecule has 9 aromatic rings. The largest absolute Gasteiger partial charge is 0.368 e. The molecule has 2 aliphatic heterocycles. The summed E-state index contributed by atoms with van der Waals surface area (Å²) in [6, 6.07) is 60.7. The Kier molecular flexibility index (Phi) is 6.75. The Morgan fingerprint density at radius 3 is 2.18 bits per heavy atom. The zero-order valence-electron chi connectivity index (χ0n) is 29.9. The van der Waals surface area contributed by atoms with Gasteiger partial charge in [0.2, 0.25) is 0 Å². The molecule has 260 valence electrons. The number of hydrogen-bond acceptors (Lipinski definition) is 3. The van der Waals surface area contributed by atoms with E-state index in [1.54, 1.807) is 0 Å². The lowest BCUT2D eigenvalue weighted by Crippen LogP contribution is -2.28. The summed E-state index contributed by atoms with van der Waals surface area (Å²) in [6.07, 6.45) is 9.18. The van der Waals surface area contributed by atoms with Gasteiger partial charge in [-0.1, -0.05) is 139 Å². The number of nitrogens with one attached hydrogen (secondary N) is 1. The highest BCUT2D eigenvalue weighted by Crippen LogP contribution is 2.52. The van der Waals surface area contributed by atoms with Gasteiger partial charge in [-0.05, 0) is 99.1 Å². The molecule has 0 radical (unpaired) electrons. The number of benzene rings is 8. The van der Waals surface area contributed by atoms with Crippen molar-refractivity contribution in [3.05, 3.63) is 199 Å². The molecule has 3 heterocycles. The molecule has 0 amide bonds. The third-order valence-corrected chi connectivity index (χ3v) is 13.1. The number of aromatic nitrogens is 1. The van der Waals surface area contributed by atoms with Crippen molar-refractivity contribution in [2.24, 2.45) is 0 Å². The van der Waals surface area contributed by atoms with Crippen LogP contribution in [0.3, 0.4) is 0 Å². The number of anilines is 3. The van der Waals surface area contributed by atoms with E-state index < -0.39 is 0 Å². The van der Waals surface area contributed by atoms with E-state index in [-0.39, 0.29) is 17.3 Å². The zero-order chi connectivity index (χ0) is 36.0. The topological polar surface area (TPSA) is 20.2 Å². The van der Waals surface area contributed by atoms with Crippen molar-refractivity contribution in [1.29, 1.82) is 0 Å². The van der Waals surface area contributed by atoms with Crippen LogP contribution in [0, 0.1) is 0 Å². The van der Waals surface area contributed by atoms with E-state index in [4.69, 9.17) is 0 Å². The van der Waals surface area contributed by atoms with Crippen LogP contribution >= 0.6 is 11.8 Å². The molecule has 0 spiro atoms. The van der Waals surface area contributed by atoms with Crippen molar-refractivity contribution in [1.82, 2.24) is 4.57 Å². The summed E-state index contributed by atoms with van der Waals surface area (Å²) >= 11 is 1.91. The summed E-state index contributed by atoms with van der Waals surface area (Å²) in [5, 5.41) is 11.8. The van der Waals surface area contributed by atoms with Gasteiger partial charge in [0.1, 0.15) is 5.37 Å². The highest BCUT2D eigenvalue weighted by Gasteiger charge is 2.38. The number of allylic oxidation sites excluding steroid dienone is 2. The summed E-state index contributed by atoms with van der Waals surface area (Å²) < 4.78 is 2.38. The second-order valence-electron chi connectivity index (χ2n) is 14.9. The minimum atomic E-state index is 0.210. The van der Waals surface area contributed by atoms with Gasteiger partial charge in [-0.2, -0.15) is 0 Å². The minimum Gasteiger partial charge on any atom is -0.368 e. The van der Waals surface area contributed by atoms with Gasteiger partial charge in [0, 0.05) is 44.0 Å². The Bertz CT molecular complexity index is 3070. The van der Waals surface area contributed by atoms with Crippen molar-refractivity contribution in [3.63, 3.8) is 0 Å². The SMILES string of the molecule is C1=CC2c3cc(-c4ccc5c(c4)c4ccccc4n5-c4ccccc4)ccc3N(c3ccc4c(ccc5ccc6c(c54)NC(c4ccccc4)S6)c3)C2C=C1. The fourth-order valence-electron chi connectivity index (χ4n) is 9.41. The Balaban J connectivity index is 0.946. The normalized spacial score (nSPS) is 18.3. The first-order chi connectivity index (χ1) is 27.3. The van der Waals surface area contributed by atoms with E-state index in [0.717, 1.165) is 0 Å². The Morgan fingerprint density at radius 1 is 0.527 bits per heavy atom. The van der Waals surface area contributed by atoms with Gasteiger partial charge < -0.3 is 14.8 Å². The summed E-state index contributed by atoms with van der Waals surface area (Å²) in [4.78, 5) is 3.87. The number of fused-ring (bicyclic) bond motifs is 11. The molecule has 3 unspecified atom stereocenters. The lowest BCUT2D eigenvalue weighted by atomic mass is 9.89. The maximum Gasteiger partial charge on any atom is 0.103 e. The molecule has 1 aliphatic carbocycles. The Labute approximate surface area is 323 Å². The van der Waals surface area contributed by atoms with Gasteiger partial charge in [0.25, 0.3) is 0 Å². The van der Waals surface area contributed by atoms with Gasteiger partial charge >= 0.3 is 0 Å². The Hall–Kier alpha value is -6.49. The first-order valence-corrected chi connectivity index (χ1v) is 20.0. The number of nitrogens with zero attached hydrogens (tertiary/aromatic N) is 2. The van der Waals surface area contributed by atoms with E-state index in [9.17, 15) is 0 Å². The molecule has 55 heavy (non-hydrogen) atoms. The number of para-hydroxylation sites is 2. The average molecular weight is 722 g/mol. The molecule has 0 saturated carbocycles. The summed E-state index contributed by atoms with van der Waals surface area (Å²) in [6.45, 7) is 0. The molecule has 1 aromatic heterocycles. The van der Waals surface area contributed by atoms with Crippen LogP contribution in [0.15, 0.2) is 193 Å². The Morgan fingerprint density at radius 2 is 1.27 bits per heavy atom. The van der Waals surface area contributed by atoms with Crippen LogP contribution in [0.25, 0.3) is 60.2 Å². The standard InChI is InChI=1S/C51H35N3S/c1-3-11-33(12-4-1)51-52-50-48(55-51)28-23-32-19-20-36-29-38(24-25-39(36)49(32)50)54-45-18-10-8-16-41(45)43-31-35(22-27-47(43)54)34-21-26-46-42(30-34)40-15-7-9-17-44(40)53(46)37-13-5-2-6-14-37/h1-31,41,45,51-52H. The van der Waals surface area contributed by atoms with Crippen molar-refractivity contribution in [3.8, 4) is 16.8 Å². The maximum absolute atomic E-state index is 3.89. The highest BCUT2D eigenvalue weighted by molar-refractivity contribution is 8.00. The number of hydrogen-bond donors (Lipinski definition) is 1. The van der Waals surface area contributed by atoms with Crippen LogP contribution in [-0.4, -0.2) is 10.6 Å². The van der Waals surface area contributed by atoms with Crippen molar-refractivity contribution in [2.45, 2.75) is 22.2 Å². The molecule has 0 fully saturated rings. The van der Waals surface area contributed by atoms with Crippen LogP contribution in [0.5, 0.6) is 0 Å². The van der Waals surface area contributed by atoms with Crippen LogP contribution in [0.1, 0.15) is 22.4 Å². The van der Waals surface area contributed by atoms with E-state index in [1.165, 1.54) is 93.2 Å². The second kappa shape index (κ2) is 12.0. The van der Waals surface area contributed by atoms with E-state index in [1.807, 2.05) is 11.8 Å². The van der Waals surface area contributed by atoms with E-state index >= 15 is 0 Å². The molecule has 0 bridgehead atoms. The highest BCUT2D eigenvalue weighted by atomic mass is 32.2. The van der Waals surface area contributed by atoms with E-state index in [0.29, 0.717) is 0 Å². The number of thioether (sulfide) groups is 1. The predicted octanol–water partition coefficient (Wildman–Crippen LogP) is 13.7. The van der Waals surface area contributed by atoms with Crippen LogP contribution < -0.4 is 10.2 Å². The summed E-state index contributed by atoms with van der Waals surface area (Å²) in [5.41, 5.74) is 12.5. The molecule has 1 N–H and O–H groups in total. The van der Waals surface area contributed by atoms with Gasteiger partial charge in [-0.25, -0.2) is 0 Å². The molecule has 3 nitrogen and oxygen atoms in total. The first-order valence-electron chi connectivity index (χ1n) is 19.1. The average Bonchev–Trinajstić information content (AvgIpc) is 3.94. The van der Waals surface area contributed by atoms with Gasteiger partial charge in [0.15, 0.2) is 0 Å². The zero-order valence-corrected chi connectivity index (χ0v) is 30.7. The molecule has 3 atom stereocenters.